The Morgan fingerprint density at radius 1 is 0.792 bits per heavy atom. The molecule has 0 aliphatic rings. The molecule has 0 aromatic heterocycles. The maximum atomic E-state index is 11.1. The molecule has 0 rings (SSSR count). The monoisotopic (exact) mass is 402 g/mol. The van der Waals surface area contributed by atoms with Crippen molar-refractivity contribution in [2.75, 3.05) is 6.61 Å². The van der Waals surface area contributed by atoms with Gasteiger partial charge in [-0.1, -0.05) is 104 Å². The fourth-order valence-electron chi connectivity index (χ4n) is 2.84. The molecule has 0 aromatic rings. The number of hydrogen-bond donors (Lipinski definition) is 0. The summed E-state index contributed by atoms with van der Waals surface area (Å²) in [6.45, 7) is 8.64. The second-order valence-electron chi connectivity index (χ2n) is 7.32. The quantitative estimate of drug-likeness (QED) is 0.142. The van der Waals surface area contributed by atoms with Crippen molar-refractivity contribution in [3.63, 3.8) is 0 Å². The third kappa shape index (κ3) is 18.0. The molecule has 0 saturated carbocycles. The summed E-state index contributed by atoms with van der Waals surface area (Å²) in [6, 6.07) is 0. The minimum absolute atomic E-state index is 0.304. The van der Waals surface area contributed by atoms with E-state index in [9.17, 15) is 4.79 Å². The zero-order valence-corrected chi connectivity index (χ0v) is 17.7. The van der Waals surface area contributed by atoms with E-state index in [0.717, 1.165) is 18.8 Å². The smallest absolute Gasteiger partial charge is 0.344 e. The highest BCUT2D eigenvalue weighted by Crippen LogP contribution is 2.14. The van der Waals surface area contributed by atoms with Crippen molar-refractivity contribution in [2.24, 2.45) is 5.92 Å². The maximum absolute atomic E-state index is 11.1. The van der Waals surface area contributed by atoms with E-state index in [-0.39, 0.29) is 5.97 Å². The number of carbonyl (C=O) groups is 1. The van der Waals surface area contributed by atoms with Gasteiger partial charge in [-0.2, -0.15) is 0 Å². The van der Waals surface area contributed by atoms with E-state index < -0.39 is 0 Å². The molecule has 24 heavy (non-hydrogen) atoms. The summed E-state index contributed by atoms with van der Waals surface area (Å²) in [5.74, 6) is 0.532. The Bertz CT molecular complexity index is 313. The molecular formula is C21H39BrO2. The lowest BCUT2D eigenvalue weighted by Gasteiger charge is -2.05. The van der Waals surface area contributed by atoms with Crippen LogP contribution in [0.15, 0.2) is 11.1 Å². The van der Waals surface area contributed by atoms with Gasteiger partial charge in [0.2, 0.25) is 0 Å². The summed E-state index contributed by atoms with van der Waals surface area (Å²) in [6.07, 6.45) is 18.8. The lowest BCUT2D eigenvalue weighted by atomic mass is 10.0. The fourth-order valence-corrected chi connectivity index (χ4v) is 2.96. The first-order chi connectivity index (χ1) is 11.5. The highest BCUT2D eigenvalue weighted by molar-refractivity contribution is 9.12. The third-order valence-electron chi connectivity index (χ3n) is 4.38. The van der Waals surface area contributed by atoms with E-state index in [1.54, 1.807) is 0 Å². The first-order valence-corrected chi connectivity index (χ1v) is 10.8. The molecule has 0 spiro atoms. The van der Waals surface area contributed by atoms with Crippen LogP contribution in [0.4, 0.5) is 0 Å². The predicted molar refractivity (Wildman–Crippen MR) is 109 cm³/mol. The molecule has 0 bridgehead atoms. The first-order valence-electron chi connectivity index (χ1n) is 10.1. The van der Waals surface area contributed by atoms with Crippen LogP contribution in [0.2, 0.25) is 0 Å². The molecule has 0 amide bonds. The van der Waals surface area contributed by atoms with Crippen molar-refractivity contribution < 1.29 is 9.53 Å². The molecular weight excluding hydrogens is 364 g/mol. The van der Waals surface area contributed by atoms with Crippen molar-refractivity contribution >= 4 is 21.9 Å². The second-order valence-corrected chi connectivity index (χ2v) is 8.28. The van der Waals surface area contributed by atoms with E-state index in [1.165, 1.54) is 77.0 Å². The Balaban J connectivity index is 3.08. The van der Waals surface area contributed by atoms with Gasteiger partial charge in [0.05, 0.1) is 11.1 Å². The van der Waals surface area contributed by atoms with Gasteiger partial charge in [-0.25, -0.2) is 4.79 Å². The van der Waals surface area contributed by atoms with Gasteiger partial charge in [-0.3, -0.25) is 0 Å². The van der Waals surface area contributed by atoms with Crippen LogP contribution in [0.3, 0.4) is 0 Å². The van der Waals surface area contributed by atoms with E-state index in [1.807, 2.05) is 0 Å². The van der Waals surface area contributed by atoms with Crippen molar-refractivity contribution in [3.8, 4) is 0 Å². The molecule has 0 unspecified atom stereocenters. The Hall–Kier alpha value is -0.310. The minimum atomic E-state index is -0.338. The topological polar surface area (TPSA) is 26.3 Å². The van der Waals surface area contributed by atoms with Crippen LogP contribution in [-0.2, 0) is 9.53 Å². The number of carbonyl (C=O) groups excluding carboxylic acids is 1. The van der Waals surface area contributed by atoms with Crippen molar-refractivity contribution in [2.45, 2.75) is 104 Å². The molecule has 3 heteroatoms. The zero-order chi connectivity index (χ0) is 18.0. The van der Waals surface area contributed by atoms with Crippen molar-refractivity contribution in [3.05, 3.63) is 11.1 Å². The van der Waals surface area contributed by atoms with Gasteiger partial charge >= 0.3 is 5.97 Å². The summed E-state index contributed by atoms with van der Waals surface area (Å²) in [5.41, 5.74) is 0. The molecule has 0 fully saturated rings. The van der Waals surface area contributed by atoms with Gasteiger partial charge in [-0.05, 0) is 28.3 Å². The molecule has 0 atom stereocenters. The SMILES string of the molecule is C=C(Br)C(=O)OCCCCCCCCCCCCCCCC(C)C. The lowest BCUT2D eigenvalue weighted by Crippen LogP contribution is -2.04. The van der Waals surface area contributed by atoms with Crippen molar-refractivity contribution in [1.29, 1.82) is 0 Å². The standard InChI is InChI=1S/C21H39BrO2/c1-19(2)17-15-13-11-9-7-5-4-6-8-10-12-14-16-18-24-21(23)20(3)22/h19H,3-18H2,1-2H3. The summed E-state index contributed by atoms with van der Waals surface area (Å²) in [7, 11) is 0. The molecule has 0 aliphatic carbocycles. The number of hydrogen-bond acceptors (Lipinski definition) is 2. The molecule has 0 radical (unpaired) electrons. The number of rotatable bonds is 17. The molecule has 0 N–H and O–H groups in total. The number of esters is 1. The van der Waals surface area contributed by atoms with E-state index in [0.29, 0.717) is 11.1 Å². The third-order valence-corrected chi connectivity index (χ3v) is 4.70. The minimum Gasteiger partial charge on any atom is -0.462 e. The van der Waals surface area contributed by atoms with Crippen LogP contribution in [0.5, 0.6) is 0 Å². The molecule has 2 nitrogen and oxygen atoms in total. The summed E-state index contributed by atoms with van der Waals surface area (Å²) in [4.78, 5) is 11.1. The lowest BCUT2D eigenvalue weighted by molar-refractivity contribution is -0.138. The summed E-state index contributed by atoms with van der Waals surface area (Å²) < 4.78 is 5.34. The van der Waals surface area contributed by atoms with E-state index >= 15 is 0 Å². The van der Waals surface area contributed by atoms with Gasteiger partial charge in [0.1, 0.15) is 0 Å². The van der Waals surface area contributed by atoms with Crippen LogP contribution in [0.25, 0.3) is 0 Å². The van der Waals surface area contributed by atoms with Crippen LogP contribution in [0, 0.1) is 5.92 Å². The largest absolute Gasteiger partial charge is 0.462 e. The summed E-state index contributed by atoms with van der Waals surface area (Å²) in [5, 5.41) is 0. The van der Waals surface area contributed by atoms with Gasteiger partial charge in [0.15, 0.2) is 0 Å². The first kappa shape index (κ1) is 23.7. The fraction of sp³-hybridized carbons (Fsp3) is 0.857. The molecule has 0 aromatic carbocycles. The van der Waals surface area contributed by atoms with E-state index in [4.69, 9.17) is 4.74 Å². The van der Waals surface area contributed by atoms with Gasteiger partial charge < -0.3 is 4.74 Å². The number of unbranched alkanes of at least 4 members (excludes halogenated alkanes) is 12. The van der Waals surface area contributed by atoms with Crippen molar-refractivity contribution in [1.82, 2.24) is 0 Å². The average Bonchev–Trinajstić information content (AvgIpc) is 2.53. The van der Waals surface area contributed by atoms with Crippen LogP contribution in [0.1, 0.15) is 104 Å². The van der Waals surface area contributed by atoms with Gasteiger partial charge in [0, 0.05) is 0 Å². The Morgan fingerprint density at radius 2 is 1.17 bits per heavy atom. The Labute approximate surface area is 158 Å². The van der Waals surface area contributed by atoms with Crippen LogP contribution in [-0.4, -0.2) is 12.6 Å². The Kier molecular flexibility index (Phi) is 17.3. The highest BCUT2D eigenvalue weighted by atomic mass is 79.9. The molecule has 142 valence electrons. The number of ether oxygens (including phenoxy) is 1. The zero-order valence-electron chi connectivity index (χ0n) is 16.1. The highest BCUT2D eigenvalue weighted by Gasteiger charge is 2.03. The van der Waals surface area contributed by atoms with Crippen LogP contribution < -0.4 is 0 Å². The van der Waals surface area contributed by atoms with E-state index in [2.05, 4.69) is 36.4 Å². The predicted octanol–water partition coefficient (Wildman–Crippen LogP) is 7.56. The number of halogens is 1. The van der Waals surface area contributed by atoms with Gasteiger partial charge in [-0.15, -0.1) is 0 Å². The van der Waals surface area contributed by atoms with Crippen LogP contribution >= 0.6 is 15.9 Å². The Morgan fingerprint density at radius 3 is 1.54 bits per heavy atom. The maximum Gasteiger partial charge on any atom is 0.344 e. The average molecular weight is 403 g/mol. The summed E-state index contributed by atoms with van der Waals surface area (Å²) >= 11 is 3.02. The molecule has 0 heterocycles. The molecule has 0 saturated heterocycles. The molecule has 0 aliphatic heterocycles. The normalized spacial score (nSPS) is 11.0. The van der Waals surface area contributed by atoms with Gasteiger partial charge in [0.25, 0.3) is 0 Å². The second kappa shape index (κ2) is 17.5.